The van der Waals surface area contributed by atoms with Gasteiger partial charge in [0, 0.05) is 50.3 Å². The standard InChI is InChI=1S/C24H33N7O4S/c1-24(2,3)35-23(33)29-12-10-28(11-13-29)16-6-7-17(18(14-16)34-4)27-31-15-19(36-5)30-9-8-26-22(30)20(31)21(25)32/h6-9,14-15,20,27H,10-13H2,1-5H3,(H2,25,32). The number of aromatic nitrogens is 2. The van der Waals surface area contributed by atoms with E-state index in [4.69, 9.17) is 15.2 Å². The summed E-state index contributed by atoms with van der Waals surface area (Å²) in [7, 11) is 1.60. The number of fused-ring (bicyclic) bond motifs is 1. The summed E-state index contributed by atoms with van der Waals surface area (Å²) in [5.41, 5.74) is 10.2. The summed E-state index contributed by atoms with van der Waals surface area (Å²) in [6, 6.07) is 5.04. The van der Waals surface area contributed by atoms with Crippen LogP contribution in [0.3, 0.4) is 0 Å². The summed E-state index contributed by atoms with van der Waals surface area (Å²) < 4.78 is 13.0. The zero-order valence-corrected chi connectivity index (χ0v) is 22.0. The zero-order valence-electron chi connectivity index (χ0n) is 21.2. The average molecular weight is 516 g/mol. The van der Waals surface area contributed by atoms with E-state index >= 15 is 0 Å². The van der Waals surface area contributed by atoms with Crippen LogP contribution in [0.5, 0.6) is 5.75 Å². The van der Waals surface area contributed by atoms with Crippen molar-refractivity contribution in [2.75, 3.05) is 49.9 Å². The largest absolute Gasteiger partial charge is 0.494 e. The molecule has 11 nitrogen and oxygen atoms in total. The maximum absolute atomic E-state index is 12.4. The predicted octanol–water partition coefficient (Wildman–Crippen LogP) is 2.94. The van der Waals surface area contributed by atoms with E-state index in [1.165, 1.54) is 11.8 Å². The Balaban J connectivity index is 1.49. The molecule has 2 aliphatic rings. The van der Waals surface area contributed by atoms with Crippen LogP contribution in [0.1, 0.15) is 32.6 Å². The molecule has 4 rings (SSSR count). The van der Waals surface area contributed by atoms with E-state index in [0.717, 1.165) is 10.7 Å². The Kier molecular flexibility index (Phi) is 7.25. The molecule has 36 heavy (non-hydrogen) atoms. The fourth-order valence-corrected chi connectivity index (χ4v) is 4.75. The molecule has 1 fully saturated rings. The number of hydrogen-bond acceptors (Lipinski definition) is 9. The predicted molar refractivity (Wildman–Crippen MR) is 140 cm³/mol. The van der Waals surface area contributed by atoms with Gasteiger partial charge in [0.1, 0.15) is 17.2 Å². The first-order valence-corrected chi connectivity index (χ1v) is 12.9. The van der Waals surface area contributed by atoms with Gasteiger partial charge in [-0.1, -0.05) is 0 Å². The number of rotatable bonds is 6. The van der Waals surface area contributed by atoms with Crippen molar-refractivity contribution >= 4 is 40.2 Å². The molecule has 0 aliphatic carbocycles. The number of nitrogens with zero attached hydrogens (tertiary/aromatic N) is 5. The van der Waals surface area contributed by atoms with Gasteiger partial charge in [0.05, 0.1) is 24.0 Å². The van der Waals surface area contributed by atoms with E-state index in [1.807, 2.05) is 62.2 Å². The number of hydrazine groups is 1. The van der Waals surface area contributed by atoms with Crippen LogP contribution in [-0.2, 0) is 9.53 Å². The molecule has 3 N–H and O–H groups in total. The lowest BCUT2D eigenvalue weighted by Crippen LogP contribution is -2.50. The summed E-state index contributed by atoms with van der Waals surface area (Å²) in [5.74, 6) is 0.628. The van der Waals surface area contributed by atoms with Crippen LogP contribution in [0, 0.1) is 0 Å². The van der Waals surface area contributed by atoms with Crippen LogP contribution < -0.4 is 20.8 Å². The van der Waals surface area contributed by atoms with Gasteiger partial charge in [0.25, 0.3) is 0 Å². The van der Waals surface area contributed by atoms with E-state index in [2.05, 4.69) is 15.3 Å². The minimum absolute atomic E-state index is 0.289. The van der Waals surface area contributed by atoms with Crippen LogP contribution in [0.25, 0.3) is 5.03 Å². The number of hydrogen-bond donors (Lipinski definition) is 2. The number of benzene rings is 1. The van der Waals surface area contributed by atoms with Gasteiger partial charge in [-0.05, 0) is 39.2 Å². The Morgan fingerprint density at radius 1 is 1.19 bits per heavy atom. The van der Waals surface area contributed by atoms with Crippen LogP contribution in [0.15, 0.2) is 36.8 Å². The van der Waals surface area contributed by atoms with Gasteiger partial charge in [0.2, 0.25) is 5.91 Å². The molecule has 0 bridgehead atoms. The second-order valence-electron chi connectivity index (χ2n) is 9.49. The van der Waals surface area contributed by atoms with Crippen molar-refractivity contribution < 1.29 is 19.1 Å². The third-order valence-electron chi connectivity index (χ3n) is 5.89. The lowest BCUT2D eigenvalue weighted by atomic mass is 10.2. The number of amides is 2. The number of ether oxygens (including phenoxy) is 2. The Bertz CT molecular complexity index is 1150. The van der Waals surface area contributed by atoms with Gasteiger partial charge in [-0.2, -0.15) is 0 Å². The molecule has 1 aromatic heterocycles. The molecule has 2 amide bonds. The molecule has 0 spiro atoms. The first-order valence-electron chi connectivity index (χ1n) is 11.7. The number of thioether (sulfide) groups is 1. The van der Waals surface area contributed by atoms with E-state index < -0.39 is 17.6 Å². The summed E-state index contributed by atoms with van der Waals surface area (Å²) >= 11 is 1.53. The molecule has 2 aromatic rings. The highest BCUT2D eigenvalue weighted by molar-refractivity contribution is 8.07. The van der Waals surface area contributed by atoms with Crippen molar-refractivity contribution in [1.82, 2.24) is 19.5 Å². The lowest BCUT2D eigenvalue weighted by Gasteiger charge is -2.37. The topological polar surface area (TPSA) is 118 Å². The smallest absolute Gasteiger partial charge is 0.410 e. The van der Waals surface area contributed by atoms with Gasteiger partial charge in [0.15, 0.2) is 6.04 Å². The molecule has 2 aliphatic heterocycles. The Hall–Kier alpha value is -3.54. The third-order valence-corrected chi connectivity index (χ3v) is 6.61. The number of anilines is 2. The molecule has 12 heteroatoms. The quantitative estimate of drug-likeness (QED) is 0.599. The minimum Gasteiger partial charge on any atom is -0.494 e. The minimum atomic E-state index is -0.791. The van der Waals surface area contributed by atoms with Gasteiger partial charge in [-0.15, -0.1) is 11.8 Å². The SMILES string of the molecule is COc1cc(N2CCN(C(=O)OC(C)(C)C)CC2)ccc1NN1C=C(SC)n2ccnc2C1C(N)=O. The van der Waals surface area contributed by atoms with Gasteiger partial charge >= 0.3 is 6.09 Å². The number of primary amides is 1. The maximum Gasteiger partial charge on any atom is 0.410 e. The summed E-state index contributed by atoms with van der Waals surface area (Å²) in [5, 5.41) is 2.55. The lowest BCUT2D eigenvalue weighted by molar-refractivity contribution is -0.122. The first-order chi connectivity index (χ1) is 17.1. The fourth-order valence-electron chi connectivity index (χ4n) is 4.18. The fraction of sp³-hybridized carbons (Fsp3) is 0.458. The number of methoxy groups -OCH3 is 1. The van der Waals surface area contributed by atoms with Gasteiger partial charge < -0.3 is 25.0 Å². The second kappa shape index (κ2) is 10.2. The van der Waals surface area contributed by atoms with Crippen LogP contribution in [-0.4, -0.2) is 76.6 Å². The van der Waals surface area contributed by atoms with Gasteiger partial charge in [-0.3, -0.25) is 19.8 Å². The number of nitrogens with two attached hydrogens (primary N) is 1. The molecule has 0 radical (unpaired) electrons. The van der Waals surface area contributed by atoms with Crippen molar-refractivity contribution in [2.45, 2.75) is 32.4 Å². The number of carbonyl (C=O) groups is 2. The molecule has 0 saturated carbocycles. The second-order valence-corrected chi connectivity index (χ2v) is 10.3. The van der Waals surface area contributed by atoms with E-state index in [-0.39, 0.29) is 6.09 Å². The summed E-state index contributed by atoms with van der Waals surface area (Å²) in [6.07, 6.45) is 6.96. The van der Waals surface area contributed by atoms with E-state index in [0.29, 0.717) is 43.4 Å². The van der Waals surface area contributed by atoms with Crippen LogP contribution in [0.2, 0.25) is 0 Å². The van der Waals surface area contributed by atoms with Crippen molar-refractivity contribution in [3.8, 4) is 5.75 Å². The van der Waals surface area contributed by atoms with Crippen molar-refractivity contribution in [3.63, 3.8) is 0 Å². The number of nitrogens with one attached hydrogen (secondary N) is 1. The Morgan fingerprint density at radius 3 is 2.53 bits per heavy atom. The molecule has 1 unspecified atom stereocenters. The van der Waals surface area contributed by atoms with Crippen LogP contribution >= 0.6 is 11.8 Å². The normalized spacial score (nSPS) is 17.9. The number of imidazole rings is 1. The molecule has 1 atom stereocenters. The zero-order chi connectivity index (χ0) is 26.0. The van der Waals surface area contributed by atoms with Crippen molar-refractivity contribution in [1.29, 1.82) is 0 Å². The van der Waals surface area contributed by atoms with Gasteiger partial charge in [-0.25, -0.2) is 9.78 Å². The maximum atomic E-state index is 12.4. The molecule has 1 aromatic carbocycles. The highest BCUT2D eigenvalue weighted by atomic mass is 32.2. The Morgan fingerprint density at radius 2 is 1.92 bits per heavy atom. The van der Waals surface area contributed by atoms with Crippen LogP contribution in [0.4, 0.5) is 16.2 Å². The van der Waals surface area contributed by atoms with Crippen molar-refractivity contribution in [2.24, 2.45) is 5.73 Å². The monoisotopic (exact) mass is 515 g/mol. The molecule has 1 saturated heterocycles. The van der Waals surface area contributed by atoms with Crippen molar-refractivity contribution in [3.05, 3.63) is 42.6 Å². The highest BCUT2D eigenvalue weighted by Crippen LogP contribution is 2.36. The summed E-state index contributed by atoms with van der Waals surface area (Å²) in [4.78, 5) is 33.0. The molecular formula is C24H33N7O4S. The first kappa shape index (κ1) is 25.5. The highest BCUT2D eigenvalue weighted by Gasteiger charge is 2.34. The Labute approximate surface area is 215 Å². The average Bonchev–Trinajstić information content (AvgIpc) is 3.32. The summed E-state index contributed by atoms with van der Waals surface area (Å²) in [6.45, 7) is 8.08. The van der Waals surface area contributed by atoms with E-state index in [9.17, 15) is 9.59 Å². The number of piperazine rings is 1. The molecule has 3 heterocycles. The number of carbonyl (C=O) groups excluding carboxylic acids is 2. The van der Waals surface area contributed by atoms with E-state index in [1.54, 1.807) is 23.2 Å². The molecular weight excluding hydrogens is 482 g/mol. The molecule has 194 valence electrons. The third kappa shape index (κ3) is 5.32.